The van der Waals surface area contributed by atoms with Gasteiger partial charge in [0.25, 0.3) is 0 Å². The summed E-state index contributed by atoms with van der Waals surface area (Å²) in [5.74, 6) is 0.793. The molecule has 0 spiro atoms. The Bertz CT molecular complexity index is 820. The summed E-state index contributed by atoms with van der Waals surface area (Å²) in [6, 6.07) is 10.1. The van der Waals surface area contributed by atoms with Crippen LogP contribution < -0.4 is 14.2 Å². The van der Waals surface area contributed by atoms with Crippen LogP contribution in [0, 0.1) is 5.82 Å². The average molecular weight is 373 g/mol. The van der Waals surface area contributed by atoms with E-state index >= 15 is 0 Å². The van der Waals surface area contributed by atoms with Gasteiger partial charge in [-0.05, 0) is 48.4 Å². The van der Waals surface area contributed by atoms with Crippen LogP contribution in [0.25, 0.3) is 6.08 Å². The van der Waals surface area contributed by atoms with Crippen LogP contribution in [0.15, 0.2) is 42.5 Å². The molecule has 0 aliphatic heterocycles. The first-order chi connectivity index (χ1) is 13.0. The Hall–Kier alpha value is -3.02. The van der Waals surface area contributed by atoms with Crippen molar-refractivity contribution in [3.63, 3.8) is 0 Å². The van der Waals surface area contributed by atoms with Gasteiger partial charge < -0.3 is 19.1 Å². The molecule has 6 heteroatoms. The van der Waals surface area contributed by atoms with Crippen LogP contribution in [0.5, 0.6) is 17.2 Å². The van der Waals surface area contributed by atoms with Gasteiger partial charge in [-0.2, -0.15) is 0 Å². The maximum Gasteiger partial charge on any atom is 0.246 e. The third-order valence-electron chi connectivity index (χ3n) is 3.92. The molecule has 0 N–H and O–H groups in total. The monoisotopic (exact) mass is 373 g/mol. The van der Waals surface area contributed by atoms with E-state index in [4.69, 9.17) is 14.2 Å². The number of carbonyl (C=O) groups excluding carboxylic acids is 1. The van der Waals surface area contributed by atoms with E-state index in [9.17, 15) is 9.18 Å². The molecule has 0 atom stereocenters. The zero-order chi connectivity index (χ0) is 19.8. The molecule has 0 aliphatic rings. The van der Waals surface area contributed by atoms with E-state index in [1.54, 1.807) is 38.4 Å². The van der Waals surface area contributed by atoms with E-state index in [2.05, 4.69) is 0 Å². The van der Waals surface area contributed by atoms with E-state index in [1.165, 1.54) is 24.2 Å². The van der Waals surface area contributed by atoms with Gasteiger partial charge in [0.05, 0.1) is 20.8 Å². The van der Waals surface area contributed by atoms with Crippen molar-refractivity contribution >= 4 is 12.0 Å². The number of methoxy groups -OCH3 is 2. The van der Waals surface area contributed by atoms with Crippen molar-refractivity contribution in [2.45, 2.75) is 13.5 Å². The molecule has 0 unspecified atom stereocenters. The van der Waals surface area contributed by atoms with Gasteiger partial charge >= 0.3 is 0 Å². The largest absolute Gasteiger partial charge is 0.494 e. The third kappa shape index (κ3) is 5.48. The molecule has 2 aromatic carbocycles. The lowest BCUT2D eigenvalue weighted by Gasteiger charge is -2.16. The Kier molecular flexibility index (Phi) is 7.23. The number of ether oxygens (including phenoxy) is 3. The Morgan fingerprint density at radius 3 is 2.41 bits per heavy atom. The maximum atomic E-state index is 13.8. The Morgan fingerprint density at radius 1 is 1.07 bits per heavy atom. The fourth-order valence-corrected chi connectivity index (χ4v) is 2.52. The first-order valence-corrected chi connectivity index (χ1v) is 8.55. The van der Waals surface area contributed by atoms with Crippen molar-refractivity contribution in [1.82, 2.24) is 4.90 Å². The molecular formula is C21H24FNO4. The molecule has 27 heavy (non-hydrogen) atoms. The van der Waals surface area contributed by atoms with E-state index in [-0.39, 0.29) is 18.2 Å². The van der Waals surface area contributed by atoms with Crippen LogP contribution in [0.3, 0.4) is 0 Å². The molecule has 0 aromatic heterocycles. The summed E-state index contributed by atoms with van der Waals surface area (Å²) in [5.41, 5.74) is 1.50. The topological polar surface area (TPSA) is 48.0 Å². The van der Waals surface area contributed by atoms with Crippen molar-refractivity contribution < 1.29 is 23.4 Å². The molecule has 5 nitrogen and oxygen atoms in total. The number of amides is 1. The lowest BCUT2D eigenvalue weighted by Crippen LogP contribution is -2.24. The number of benzene rings is 2. The Morgan fingerprint density at radius 2 is 1.78 bits per heavy atom. The fourth-order valence-electron chi connectivity index (χ4n) is 2.52. The second-order valence-corrected chi connectivity index (χ2v) is 5.84. The predicted molar refractivity (Wildman–Crippen MR) is 103 cm³/mol. The highest BCUT2D eigenvalue weighted by Crippen LogP contribution is 2.28. The van der Waals surface area contributed by atoms with Gasteiger partial charge in [-0.25, -0.2) is 4.39 Å². The highest BCUT2D eigenvalue weighted by molar-refractivity contribution is 5.91. The molecule has 0 fully saturated rings. The maximum absolute atomic E-state index is 13.8. The summed E-state index contributed by atoms with van der Waals surface area (Å²) in [4.78, 5) is 13.8. The molecule has 2 rings (SSSR count). The van der Waals surface area contributed by atoms with Crippen molar-refractivity contribution in [2.24, 2.45) is 0 Å². The van der Waals surface area contributed by atoms with Gasteiger partial charge in [0.15, 0.2) is 23.1 Å². The lowest BCUT2D eigenvalue weighted by atomic mass is 10.1. The summed E-state index contributed by atoms with van der Waals surface area (Å²) in [6.07, 6.45) is 3.17. The van der Waals surface area contributed by atoms with E-state index < -0.39 is 5.82 Å². The van der Waals surface area contributed by atoms with Gasteiger partial charge in [-0.3, -0.25) is 4.79 Å². The molecule has 0 saturated carbocycles. The van der Waals surface area contributed by atoms with Crippen LogP contribution in [0.2, 0.25) is 0 Å². The summed E-state index contributed by atoms with van der Waals surface area (Å²) in [6.45, 7) is 2.70. The number of hydrogen-bond donors (Lipinski definition) is 0. The predicted octanol–water partition coefficient (Wildman–Crippen LogP) is 3.91. The van der Waals surface area contributed by atoms with Crippen molar-refractivity contribution in [3.8, 4) is 17.2 Å². The van der Waals surface area contributed by atoms with Crippen LogP contribution in [0.1, 0.15) is 18.1 Å². The summed E-state index contributed by atoms with van der Waals surface area (Å²) < 4.78 is 29.4. The smallest absolute Gasteiger partial charge is 0.246 e. The minimum atomic E-state index is -0.451. The number of nitrogens with zero attached hydrogens (tertiary/aromatic N) is 1. The zero-order valence-electron chi connectivity index (χ0n) is 16.0. The average Bonchev–Trinajstić information content (AvgIpc) is 2.66. The third-order valence-corrected chi connectivity index (χ3v) is 3.92. The number of halogens is 1. The first kappa shape index (κ1) is 20.3. The standard InChI is InChI=1S/C21H24FNO4/c1-5-27-20-13-15(6-10-19(20)26-4)8-11-21(24)23(2)14-16-7-9-18(25-3)17(22)12-16/h6-13H,5,14H2,1-4H3/b11-8+. The van der Waals surface area contributed by atoms with Crippen molar-refractivity contribution in [3.05, 3.63) is 59.4 Å². The van der Waals surface area contributed by atoms with Crippen LogP contribution in [-0.2, 0) is 11.3 Å². The van der Waals surface area contributed by atoms with Gasteiger partial charge in [0.1, 0.15) is 0 Å². The number of hydrogen-bond acceptors (Lipinski definition) is 4. The van der Waals surface area contributed by atoms with Gasteiger partial charge in [-0.1, -0.05) is 12.1 Å². The second-order valence-electron chi connectivity index (χ2n) is 5.84. The van der Waals surface area contributed by atoms with Crippen LogP contribution >= 0.6 is 0 Å². The molecule has 1 amide bonds. The summed E-state index contributed by atoms with van der Waals surface area (Å²) >= 11 is 0. The quantitative estimate of drug-likeness (QED) is 0.658. The molecule has 0 saturated heterocycles. The highest BCUT2D eigenvalue weighted by Gasteiger charge is 2.09. The Labute approximate surface area is 159 Å². The van der Waals surface area contributed by atoms with E-state index in [1.807, 2.05) is 19.1 Å². The minimum absolute atomic E-state index is 0.178. The van der Waals surface area contributed by atoms with E-state index in [0.29, 0.717) is 23.7 Å². The summed E-state index contributed by atoms with van der Waals surface area (Å²) in [7, 11) is 4.65. The molecule has 2 aromatic rings. The fraction of sp³-hybridized carbons (Fsp3) is 0.286. The number of rotatable bonds is 8. The lowest BCUT2D eigenvalue weighted by molar-refractivity contribution is -0.125. The molecular weight excluding hydrogens is 349 g/mol. The Balaban J connectivity index is 2.05. The summed E-state index contributed by atoms with van der Waals surface area (Å²) in [5, 5.41) is 0. The van der Waals surface area contributed by atoms with Crippen molar-refractivity contribution in [2.75, 3.05) is 27.9 Å². The minimum Gasteiger partial charge on any atom is -0.494 e. The van der Waals surface area contributed by atoms with Gasteiger partial charge in [-0.15, -0.1) is 0 Å². The van der Waals surface area contributed by atoms with Crippen molar-refractivity contribution in [1.29, 1.82) is 0 Å². The SMILES string of the molecule is CCOc1cc(/C=C/C(=O)N(C)Cc2ccc(OC)c(F)c2)ccc1OC. The highest BCUT2D eigenvalue weighted by atomic mass is 19.1. The van der Waals surface area contributed by atoms with Crippen LogP contribution in [-0.4, -0.2) is 38.7 Å². The van der Waals surface area contributed by atoms with Gasteiger partial charge in [0.2, 0.25) is 5.91 Å². The molecule has 0 bridgehead atoms. The zero-order valence-corrected chi connectivity index (χ0v) is 16.0. The van der Waals surface area contributed by atoms with E-state index in [0.717, 1.165) is 5.56 Å². The van der Waals surface area contributed by atoms with Crippen LogP contribution in [0.4, 0.5) is 4.39 Å². The van der Waals surface area contributed by atoms with Gasteiger partial charge in [0, 0.05) is 19.7 Å². The molecule has 0 aliphatic carbocycles. The number of carbonyl (C=O) groups is 1. The molecule has 0 heterocycles. The molecule has 144 valence electrons. The second kappa shape index (κ2) is 9.62. The number of likely N-dealkylation sites (N-methyl/N-ethyl adjacent to an activating group) is 1. The first-order valence-electron chi connectivity index (χ1n) is 8.55. The normalized spacial score (nSPS) is 10.7. The molecule has 0 radical (unpaired) electrons.